The molecule has 106 valence electrons. The van der Waals surface area contributed by atoms with E-state index in [0.29, 0.717) is 13.1 Å². The summed E-state index contributed by atoms with van der Waals surface area (Å²) < 4.78 is 0. The van der Waals surface area contributed by atoms with E-state index in [1.807, 2.05) is 18.3 Å². The fraction of sp³-hybridized carbons (Fsp3) is 0.533. The van der Waals surface area contributed by atoms with Crippen molar-refractivity contribution in [3.63, 3.8) is 0 Å². The zero-order valence-corrected chi connectivity index (χ0v) is 11.8. The molecule has 1 saturated carbocycles. The summed E-state index contributed by atoms with van der Waals surface area (Å²) in [6.45, 7) is 4.74. The van der Waals surface area contributed by atoms with Gasteiger partial charge in [0, 0.05) is 31.4 Å². The highest BCUT2D eigenvalue weighted by Gasteiger charge is 2.50. The summed E-state index contributed by atoms with van der Waals surface area (Å²) in [4.78, 5) is 30.4. The summed E-state index contributed by atoms with van der Waals surface area (Å²) in [5.74, 6) is 0.288. The quantitative estimate of drug-likeness (QED) is 0.871. The smallest absolute Gasteiger partial charge is 0.245 e. The molecular formula is C15H19N3O2. The molecule has 0 bridgehead atoms. The largest absolute Gasteiger partial charge is 0.352 e. The van der Waals surface area contributed by atoms with Crippen molar-refractivity contribution in [1.29, 1.82) is 0 Å². The number of rotatable bonds is 2. The van der Waals surface area contributed by atoms with E-state index in [9.17, 15) is 9.59 Å². The molecule has 1 aromatic heterocycles. The second kappa shape index (κ2) is 4.58. The number of carbonyl (C=O) groups excluding carboxylic acids is 2. The Kier molecular flexibility index (Phi) is 3.00. The highest BCUT2D eigenvalue weighted by molar-refractivity contribution is 5.93. The van der Waals surface area contributed by atoms with Crippen molar-refractivity contribution in [1.82, 2.24) is 15.2 Å². The molecule has 2 amide bonds. The van der Waals surface area contributed by atoms with Gasteiger partial charge in [-0.25, -0.2) is 0 Å². The minimum Gasteiger partial charge on any atom is -0.352 e. The van der Waals surface area contributed by atoms with Crippen molar-refractivity contribution in [3.8, 4) is 0 Å². The van der Waals surface area contributed by atoms with E-state index in [-0.39, 0.29) is 23.7 Å². The molecule has 2 fully saturated rings. The van der Waals surface area contributed by atoms with Gasteiger partial charge in [-0.3, -0.25) is 14.6 Å². The van der Waals surface area contributed by atoms with E-state index in [0.717, 1.165) is 12.0 Å². The van der Waals surface area contributed by atoms with E-state index >= 15 is 0 Å². The zero-order chi connectivity index (χ0) is 14.3. The van der Waals surface area contributed by atoms with Gasteiger partial charge in [-0.1, -0.05) is 6.07 Å². The lowest BCUT2D eigenvalue weighted by Crippen LogP contribution is -2.63. The highest BCUT2D eigenvalue weighted by atomic mass is 16.2. The van der Waals surface area contributed by atoms with Crippen LogP contribution in [0.1, 0.15) is 31.7 Å². The van der Waals surface area contributed by atoms with Crippen LogP contribution in [0.15, 0.2) is 24.5 Å². The SMILES string of the molecule is CC1(C)C(=O)NCCN1C(=O)[C@@H]1C[C@H]1c1cccnc1. The van der Waals surface area contributed by atoms with E-state index in [1.165, 1.54) is 0 Å². The van der Waals surface area contributed by atoms with Crippen LogP contribution in [0.2, 0.25) is 0 Å². The predicted octanol–water partition coefficient (Wildman–Crippen LogP) is 0.922. The zero-order valence-electron chi connectivity index (χ0n) is 11.8. The molecule has 2 atom stereocenters. The van der Waals surface area contributed by atoms with Gasteiger partial charge >= 0.3 is 0 Å². The summed E-state index contributed by atoms with van der Waals surface area (Å²) >= 11 is 0. The number of carbonyl (C=O) groups is 2. The Morgan fingerprint density at radius 2 is 2.30 bits per heavy atom. The number of nitrogens with zero attached hydrogens (tertiary/aromatic N) is 2. The second-order valence-corrected chi connectivity index (χ2v) is 6.04. The molecule has 3 rings (SSSR count). The van der Waals surface area contributed by atoms with Gasteiger partial charge in [0.1, 0.15) is 5.54 Å². The van der Waals surface area contributed by atoms with Gasteiger partial charge in [0.25, 0.3) is 0 Å². The molecule has 1 N–H and O–H groups in total. The minimum absolute atomic E-state index is 0.00405. The molecule has 5 nitrogen and oxygen atoms in total. The average molecular weight is 273 g/mol. The first kappa shape index (κ1) is 13.1. The minimum atomic E-state index is -0.753. The number of hydrogen-bond acceptors (Lipinski definition) is 3. The average Bonchev–Trinajstić information content (AvgIpc) is 3.22. The van der Waals surface area contributed by atoms with Crippen LogP contribution >= 0.6 is 0 Å². The normalized spacial score (nSPS) is 27.9. The standard InChI is InChI=1S/C15H19N3O2/c1-15(2)14(20)17-6-7-18(15)13(19)12-8-11(12)10-4-3-5-16-9-10/h3-5,9,11-12H,6-8H2,1-2H3,(H,17,20)/t11-,12+/m0/s1. The van der Waals surface area contributed by atoms with Crippen LogP contribution in [-0.4, -0.2) is 40.3 Å². The van der Waals surface area contributed by atoms with Gasteiger partial charge in [-0.2, -0.15) is 0 Å². The predicted molar refractivity (Wildman–Crippen MR) is 73.9 cm³/mol. The third-order valence-corrected chi connectivity index (χ3v) is 4.34. The third kappa shape index (κ3) is 2.07. The Morgan fingerprint density at radius 3 is 3.00 bits per heavy atom. The van der Waals surface area contributed by atoms with Crippen LogP contribution in [0, 0.1) is 5.92 Å². The van der Waals surface area contributed by atoms with E-state index in [2.05, 4.69) is 10.3 Å². The lowest BCUT2D eigenvalue weighted by Gasteiger charge is -2.41. The lowest BCUT2D eigenvalue weighted by molar-refractivity contribution is -0.150. The maximum atomic E-state index is 12.6. The van der Waals surface area contributed by atoms with Crippen molar-refractivity contribution in [2.45, 2.75) is 31.7 Å². The Balaban J connectivity index is 1.73. The van der Waals surface area contributed by atoms with Crippen molar-refractivity contribution < 1.29 is 9.59 Å². The summed E-state index contributed by atoms with van der Waals surface area (Å²) in [6, 6.07) is 3.91. The molecule has 2 aliphatic rings. The van der Waals surface area contributed by atoms with Crippen LogP contribution < -0.4 is 5.32 Å². The molecule has 1 aliphatic carbocycles. The van der Waals surface area contributed by atoms with Crippen molar-refractivity contribution in [3.05, 3.63) is 30.1 Å². The molecule has 0 spiro atoms. The first-order chi connectivity index (χ1) is 9.51. The first-order valence-electron chi connectivity index (χ1n) is 7.01. The summed E-state index contributed by atoms with van der Waals surface area (Å²) in [5, 5.41) is 2.82. The summed E-state index contributed by atoms with van der Waals surface area (Å²) in [7, 11) is 0. The van der Waals surface area contributed by atoms with Crippen molar-refractivity contribution in [2.24, 2.45) is 5.92 Å². The lowest BCUT2D eigenvalue weighted by atomic mass is 9.97. The number of nitrogens with one attached hydrogen (secondary N) is 1. The van der Waals surface area contributed by atoms with E-state index in [1.54, 1.807) is 24.9 Å². The van der Waals surface area contributed by atoms with Crippen molar-refractivity contribution >= 4 is 11.8 Å². The number of aromatic nitrogens is 1. The number of piperazine rings is 1. The first-order valence-corrected chi connectivity index (χ1v) is 7.01. The molecule has 0 unspecified atom stereocenters. The molecule has 1 aromatic rings. The second-order valence-electron chi connectivity index (χ2n) is 6.04. The fourth-order valence-corrected chi connectivity index (χ4v) is 2.92. The molecule has 1 saturated heterocycles. The Morgan fingerprint density at radius 1 is 1.50 bits per heavy atom. The van der Waals surface area contributed by atoms with Crippen LogP contribution in [0.3, 0.4) is 0 Å². The van der Waals surface area contributed by atoms with Gasteiger partial charge in [0.05, 0.1) is 0 Å². The van der Waals surface area contributed by atoms with Crippen LogP contribution in [0.5, 0.6) is 0 Å². The number of amides is 2. The molecule has 2 heterocycles. The maximum Gasteiger partial charge on any atom is 0.245 e. The summed E-state index contributed by atoms with van der Waals surface area (Å²) in [6.07, 6.45) is 4.42. The topological polar surface area (TPSA) is 62.3 Å². The van der Waals surface area contributed by atoms with E-state index < -0.39 is 5.54 Å². The molecule has 20 heavy (non-hydrogen) atoms. The Bertz CT molecular complexity index is 541. The number of pyridine rings is 1. The fourth-order valence-electron chi connectivity index (χ4n) is 2.92. The van der Waals surface area contributed by atoms with Gasteiger partial charge in [-0.05, 0) is 37.8 Å². The van der Waals surface area contributed by atoms with Gasteiger partial charge in [0.15, 0.2) is 0 Å². The summed E-state index contributed by atoms with van der Waals surface area (Å²) in [5.41, 5.74) is 0.363. The highest BCUT2D eigenvalue weighted by Crippen LogP contribution is 2.48. The molecule has 5 heteroatoms. The Labute approximate surface area is 118 Å². The monoisotopic (exact) mass is 273 g/mol. The van der Waals surface area contributed by atoms with Crippen LogP contribution in [0.25, 0.3) is 0 Å². The number of hydrogen-bond donors (Lipinski definition) is 1. The van der Waals surface area contributed by atoms with Gasteiger partial charge in [-0.15, -0.1) is 0 Å². The van der Waals surface area contributed by atoms with Gasteiger partial charge < -0.3 is 10.2 Å². The maximum absolute atomic E-state index is 12.6. The Hall–Kier alpha value is -1.91. The van der Waals surface area contributed by atoms with Gasteiger partial charge in [0.2, 0.25) is 11.8 Å². The molecule has 0 aromatic carbocycles. The van der Waals surface area contributed by atoms with Crippen molar-refractivity contribution in [2.75, 3.05) is 13.1 Å². The molecule has 0 radical (unpaired) electrons. The van der Waals surface area contributed by atoms with Crippen LogP contribution in [-0.2, 0) is 9.59 Å². The third-order valence-electron chi connectivity index (χ3n) is 4.34. The van der Waals surface area contributed by atoms with E-state index in [4.69, 9.17) is 0 Å². The van der Waals surface area contributed by atoms with Crippen LogP contribution in [0.4, 0.5) is 0 Å². The molecular weight excluding hydrogens is 254 g/mol. The molecule has 1 aliphatic heterocycles.